The fraction of sp³-hybridized carbons (Fsp3) is 0.208. The Morgan fingerprint density at radius 2 is 1.75 bits per heavy atom. The van der Waals surface area contributed by atoms with Crippen molar-refractivity contribution in [2.24, 2.45) is 10.1 Å². The summed E-state index contributed by atoms with van der Waals surface area (Å²) in [6.45, 7) is 0.901. The monoisotopic (exact) mass is 453 g/mol. The summed E-state index contributed by atoms with van der Waals surface area (Å²) in [7, 11) is 1.72. The minimum absolute atomic E-state index is 0.00331. The molecule has 7 nitrogen and oxygen atoms in total. The van der Waals surface area contributed by atoms with Gasteiger partial charge in [0.2, 0.25) is 0 Å². The van der Waals surface area contributed by atoms with Gasteiger partial charge in [-0.15, -0.1) is 0 Å². The Morgan fingerprint density at radius 3 is 2.47 bits per heavy atom. The zero-order valence-electron chi connectivity index (χ0n) is 17.6. The van der Waals surface area contributed by atoms with Crippen molar-refractivity contribution in [3.05, 3.63) is 77.4 Å². The Hall–Kier alpha value is -3.58. The second kappa shape index (κ2) is 11.7. The van der Waals surface area contributed by atoms with Gasteiger partial charge in [0.25, 0.3) is 0 Å². The molecule has 0 saturated carbocycles. The molecule has 1 aliphatic carbocycles. The highest BCUT2D eigenvalue weighted by molar-refractivity contribution is 6.51. The number of carboxylic acid groups (broad SMARTS) is 1. The van der Waals surface area contributed by atoms with Crippen LogP contribution in [0.25, 0.3) is 0 Å². The Bertz CT molecular complexity index is 1060. The lowest BCUT2D eigenvalue weighted by molar-refractivity contribution is -0.136. The number of aliphatic imine (C=N–C) groups is 1. The minimum atomic E-state index is -0.857. The number of aliphatic carboxylic acids is 1. The molecule has 166 valence electrons. The van der Waals surface area contributed by atoms with E-state index in [9.17, 15) is 4.79 Å². The lowest BCUT2D eigenvalue weighted by Crippen LogP contribution is -2.13. The fourth-order valence-electron chi connectivity index (χ4n) is 2.89. The molecule has 0 radical (unpaired) electrons. The molecule has 0 atom stereocenters. The van der Waals surface area contributed by atoms with Gasteiger partial charge in [-0.05, 0) is 48.0 Å². The topological polar surface area (TPSA) is 92.5 Å². The third kappa shape index (κ3) is 6.99. The van der Waals surface area contributed by atoms with Crippen LogP contribution in [-0.2, 0) is 11.2 Å². The summed E-state index contributed by atoms with van der Waals surface area (Å²) in [4.78, 5) is 14.9. The minimum Gasteiger partial charge on any atom is -0.493 e. The SMILES string of the molecule is C/N=C1/C=CC=C/C1=N/Nc1cc(Cl)ccc1OCCCOc1ccc(CC(=O)O)cc1. The quantitative estimate of drug-likeness (QED) is 0.307. The average molecular weight is 454 g/mol. The molecule has 8 heteroatoms. The third-order valence-electron chi connectivity index (χ3n) is 4.45. The van der Waals surface area contributed by atoms with Crippen molar-refractivity contribution in [1.29, 1.82) is 0 Å². The van der Waals surface area contributed by atoms with Gasteiger partial charge in [0.15, 0.2) is 0 Å². The van der Waals surface area contributed by atoms with Gasteiger partial charge in [0, 0.05) is 18.5 Å². The summed E-state index contributed by atoms with van der Waals surface area (Å²) in [5.41, 5.74) is 5.88. The highest BCUT2D eigenvalue weighted by atomic mass is 35.5. The van der Waals surface area contributed by atoms with Crippen LogP contribution < -0.4 is 14.9 Å². The van der Waals surface area contributed by atoms with Crippen LogP contribution >= 0.6 is 11.6 Å². The summed E-state index contributed by atoms with van der Waals surface area (Å²) in [5.74, 6) is 0.457. The average Bonchev–Trinajstić information content (AvgIpc) is 2.79. The lowest BCUT2D eigenvalue weighted by atomic mass is 10.1. The Labute approximate surface area is 191 Å². The highest BCUT2D eigenvalue weighted by Gasteiger charge is 2.08. The highest BCUT2D eigenvalue weighted by Crippen LogP contribution is 2.28. The van der Waals surface area contributed by atoms with Crippen molar-refractivity contribution in [2.45, 2.75) is 12.8 Å². The van der Waals surface area contributed by atoms with E-state index in [0.717, 1.165) is 11.3 Å². The number of carbonyl (C=O) groups is 1. The molecule has 0 aliphatic heterocycles. The standard InChI is InChI=1S/C24H24ClN3O4/c1-26-20-5-2-3-6-21(20)27-28-22-16-18(25)9-12-23(22)32-14-4-13-31-19-10-7-17(8-11-19)15-24(29)30/h2-3,5-12,16,28H,4,13-15H2,1H3,(H,29,30)/b26-20-,27-21-. The third-order valence-corrected chi connectivity index (χ3v) is 4.69. The smallest absolute Gasteiger partial charge is 0.307 e. The van der Waals surface area contributed by atoms with Crippen LogP contribution in [0.3, 0.4) is 0 Å². The second-order valence-corrected chi connectivity index (χ2v) is 7.28. The van der Waals surface area contributed by atoms with E-state index in [1.807, 2.05) is 24.3 Å². The zero-order chi connectivity index (χ0) is 22.8. The number of hydrogen-bond donors (Lipinski definition) is 2. The van der Waals surface area contributed by atoms with E-state index in [4.69, 9.17) is 26.2 Å². The number of nitrogens with zero attached hydrogens (tertiary/aromatic N) is 2. The van der Waals surface area contributed by atoms with Crippen LogP contribution in [-0.4, -0.2) is 42.8 Å². The molecule has 0 bridgehead atoms. The maximum absolute atomic E-state index is 10.7. The number of hydrogen-bond acceptors (Lipinski definition) is 6. The molecule has 0 unspecified atom stereocenters. The maximum atomic E-state index is 10.7. The van der Waals surface area contributed by atoms with Crippen molar-refractivity contribution in [3.8, 4) is 11.5 Å². The number of rotatable bonds is 10. The van der Waals surface area contributed by atoms with Crippen molar-refractivity contribution in [3.63, 3.8) is 0 Å². The Kier molecular flexibility index (Phi) is 8.45. The zero-order valence-corrected chi connectivity index (χ0v) is 18.4. The van der Waals surface area contributed by atoms with Gasteiger partial charge in [0.1, 0.15) is 17.2 Å². The molecule has 2 aromatic carbocycles. The number of carboxylic acids is 1. The molecule has 0 fully saturated rings. The summed E-state index contributed by atoms with van der Waals surface area (Å²) < 4.78 is 11.6. The summed E-state index contributed by atoms with van der Waals surface area (Å²) in [6, 6.07) is 12.3. The van der Waals surface area contributed by atoms with Crippen LogP contribution in [0.5, 0.6) is 11.5 Å². The fourth-order valence-corrected chi connectivity index (χ4v) is 3.07. The summed E-state index contributed by atoms with van der Waals surface area (Å²) in [5, 5.41) is 13.8. The molecular formula is C24H24ClN3O4. The largest absolute Gasteiger partial charge is 0.493 e. The molecule has 0 aromatic heterocycles. The van der Waals surface area contributed by atoms with Crippen molar-refractivity contribution in [2.75, 3.05) is 25.7 Å². The summed E-state index contributed by atoms with van der Waals surface area (Å²) in [6.07, 6.45) is 8.21. The van der Waals surface area contributed by atoms with Crippen LogP contribution in [0, 0.1) is 0 Å². The van der Waals surface area contributed by atoms with Crippen LogP contribution in [0.15, 0.2) is 76.9 Å². The van der Waals surface area contributed by atoms with E-state index in [1.54, 1.807) is 49.5 Å². The van der Waals surface area contributed by atoms with Crippen LogP contribution in [0.2, 0.25) is 5.02 Å². The summed E-state index contributed by atoms with van der Waals surface area (Å²) >= 11 is 6.14. The molecule has 2 N–H and O–H groups in total. The van der Waals surface area contributed by atoms with E-state index in [2.05, 4.69) is 15.5 Å². The first kappa shape index (κ1) is 23.1. The Morgan fingerprint density at radius 1 is 1.03 bits per heavy atom. The van der Waals surface area contributed by atoms with Gasteiger partial charge in [0.05, 0.1) is 31.0 Å². The molecule has 0 amide bonds. The van der Waals surface area contributed by atoms with Crippen molar-refractivity contribution in [1.82, 2.24) is 0 Å². The lowest BCUT2D eigenvalue weighted by Gasteiger charge is -2.13. The van der Waals surface area contributed by atoms with E-state index in [1.165, 1.54) is 0 Å². The van der Waals surface area contributed by atoms with Crippen LogP contribution in [0.4, 0.5) is 5.69 Å². The molecule has 3 rings (SSSR count). The molecule has 0 spiro atoms. The number of hydrazone groups is 1. The molecule has 0 heterocycles. The van der Waals surface area contributed by atoms with Gasteiger partial charge in [-0.25, -0.2) is 0 Å². The normalized spacial score (nSPS) is 15.2. The molecule has 32 heavy (non-hydrogen) atoms. The first-order valence-corrected chi connectivity index (χ1v) is 10.4. The van der Waals surface area contributed by atoms with Gasteiger partial charge < -0.3 is 14.6 Å². The van der Waals surface area contributed by atoms with Gasteiger partial charge in [-0.2, -0.15) is 5.10 Å². The number of allylic oxidation sites excluding steroid dienone is 4. The first-order chi connectivity index (χ1) is 15.5. The van der Waals surface area contributed by atoms with Crippen molar-refractivity contribution >= 4 is 34.7 Å². The number of anilines is 1. The number of nitrogens with one attached hydrogen (secondary N) is 1. The predicted octanol–water partition coefficient (Wildman–Crippen LogP) is 4.78. The van der Waals surface area contributed by atoms with Gasteiger partial charge in [-0.3, -0.25) is 15.2 Å². The number of ether oxygens (including phenoxy) is 2. The molecular weight excluding hydrogens is 430 g/mol. The number of benzene rings is 2. The van der Waals surface area contributed by atoms with Crippen LogP contribution in [0.1, 0.15) is 12.0 Å². The molecule has 0 saturated heterocycles. The predicted molar refractivity (Wildman–Crippen MR) is 128 cm³/mol. The van der Waals surface area contributed by atoms with Gasteiger partial charge >= 0.3 is 5.97 Å². The molecule has 1 aliphatic rings. The van der Waals surface area contributed by atoms with E-state index >= 15 is 0 Å². The maximum Gasteiger partial charge on any atom is 0.307 e. The second-order valence-electron chi connectivity index (χ2n) is 6.84. The first-order valence-electron chi connectivity index (χ1n) is 10.1. The molecule has 2 aromatic rings. The van der Waals surface area contributed by atoms with Crippen molar-refractivity contribution < 1.29 is 19.4 Å². The number of halogens is 1. The van der Waals surface area contributed by atoms with Gasteiger partial charge in [-0.1, -0.05) is 35.9 Å². The van der Waals surface area contributed by atoms with E-state index in [-0.39, 0.29) is 6.42 Å². The Balaban J connectivity index is 1.50. The van der Waals surface area contributed by atoms with E-state index in [0.29, 0.717) is 47.6 Å². The van der Waals surface area contributed by atoms with E-state index < -0.39 is 5.97 Å².